The van der Waals surface area contributed by atoms with Crippen molar-refractivity contribution < 1.29 is 24.1 Å². The Morgan fingerprint density at radius 2 is 1.61 bits per heavy atom. The van der Waals surface area contributed by atoms with Crippen molar-refractivity contribution >= 4 is 29.1 Å². The van der Waals surface area contributed by atoms with Crippen molar-refractivity contribution in [3.05, 3.63) is 59.9 Å². The minimum absolute atomic E-state index is 0.122. The van der Waals surface area contributed by atoms with Crippen LogP contribution in [0.15, 0.2) is 48.5 Å². The van der Waals surface area contributed by atoms with E-state index in [0.29, 0.717) is 18.7 Å². The minimum atomic E-state index is -0.489. The lowest BCUT2D eigenvalue weighted by atomic mass is 10.1. The number of carbonyl (C=O) groups excluding carboxylic acids is 3. The van der Waals surface area contributed by atoms with Gasteiger partial charge in [0.15, 0.2) is 6.04 Å². The Kier molecular flexibility index (Phi) is 4.92. The highest BCUT2D eigenvalue weighted by molar-refractivity contribution is 6.21. The fraction of sp³-hybridized carbons (Fsp3) is 0.286. The maximum atomic E-state index is 13.1. The lowest BCUT2D eigenvalue weighted by molar-refractivity contribution is -0.690. The van der Waals surface area contributed by atoms with E-state index >= 15 is 0 Å². The number of hydrogen-bond acceptors (Lipinski definition) is 3. The van der Waals surface area contributed by atoms with Crippen LogP contribution in [0.4, 0.5) is 15.8 Å². The molecule has 3 amide bonds. The summed E-state index contributed by atoms with van der Waals surface area (Å²) in [4.78, 5) is 39.6. The van der Waals surface area contributed by atoms with E-state index < -0.39 is 11.9 Å². The van der Waals surface area contributed by atoms with Gasteiger partial charge in [0.05, 0.1) is 12.1 Å². The summed E-state index contributed by atoms with van der Waals surface area (Å²) in [5, 5.41) is 1.85. The highest BCUT2D eigenvalue weighted by Gasteiger charge is 2.42. The molecule has 0 radical (unpaired) electrons. The molecule has 0 saturated carbocycles. The van der Waals surface area contributed by atoms with Crippen molar-refractivity contribution in [2.45, 2.75) is 31.8 Å². The van der Waals surface area contributed by atoms with Crippen LogP contribution < -0.4 is 15.1 Å². The van der Waals surface area contributed by atoms with E-state index in [2.05, 4.69) is 0 Å². The molecule has 2 heterocycles. The zero-order valence-corrected chi connectivity index (χ0v) is 15.3. The number of halogens is 1. The predicted octanol–water partition coefficient (Wildman–Crippen LogP) is 1.35. The molecule has 7 heteroatoms. The number of carbonyl (C=O) groups is 3. The van der Waals surface area contributed by atoms with Gasteiger partial charge >= 0.3 is 0 Å². The molecular weight excluding hydrogens is 361 g/mol. The number of benzene rings is 2. The van der Waals surface area contributed by atoms with E-state index in [1.54, 1.807) is 4.90 Å². The zero-order chi connectivity index (χ0) is 19.7. The van der Waals surface area contributed by atoms with Gasteiger partial charge in [0.25, 0.3) is 5.91 Å². The first-order valence-electron chi connectivity index (χ1n) is 9.38. The van der Waals surface area contributed by atoms with Crippen molar-refractivity contribution in [2.24, 2.45) is 0 Å². The molecule has 0 unspecified atom stereocenters. The normalized spacial score (nSPS) is 19.8. The Morgan fingerprint density at radius 1 is 0.929 bits per heavy atom. The largest absolute Gasteiger partial charge is 0.332 e. The van der Waals surface area contributed by atoms with E-state index in [4.69, 9.17) is 0 Å². The van der Waals surface area contributed by atoms with Gasteiger partial charge in [-0.1, -0.05) is 12.1 Å². The number of nitrogens with zero attached hydrogens (tertiary/aromatic N) is 2. The molecule has 6 nitrogen and oxygen atoms in total. The Bertz CT molecular complexity index is 911. The molecule has 4 rings (SSSR count). The third-order valence-corrected chi connectivity index (χ3v) is 5.23. The Labute approximate surface area is 161 Å². The second-order valence-corrected chi connectivity index (χ2v) is 7.11. The van der Waals surface area contributed by atoms with Gasteiger partial charge in [0.1, 0.15) is 12.4 Å². The number of hydrogen-bond donors (Lipinski definition) is 1. The predicted molar refractivity (Wildman–Crippen MR) is 101 cm³/mol. The molecule has 2 N–H and O–H groups in total. The third-order valence-electron chi connectivity index (χ3n) is 5.23. The van der Waals surface area contributed by atoms with Crippen LogP contribution in [0, 0.1) is 5.82 Å². The molecule has 144 valence electrons. The molecule has 2 aromatic carbocycles. The van der Waals surface area contributed by atoms with Crippen LogP contribution >= 0.6 is 0 Å². The molecule has 1 atom stereocenters. The molecule has 0 aliphatic carbocycles. The van der Waals surface area contributed by atoms with E-state index in [1.165, 1.54) is 24.3 Å². The van der Waals surface area contributed by atoms with Crippen molar-refractivity contribution in [1.82, 2.24) is 0 Å². The monoisotopic (exact) mass is 382 g/mol. The summed E-state index contributed by atoms with van der Waals surface area (Å²) in [6.45, 7) is 1.30. The second kappa shape index (κ2) is 7.52. The average molecular weight is 382 g/mol. The highest BCUT2D eigenvalue weighted by Crippen LogP contribution is 2.23. The molecular formula is C21H21FN3O3+. The van der Waals surface area contributed by atoms with Gasteiger partial charge in [-0.25, -0.2) is 9.29 Å². The molecule has 2 aliphatic heterocycles. The van der Waals surface area contributed by atoms with Crippen molar-refractivity contribution in [3.63, 3.8) is 0 Å². The molecule has 0 bridgehead atoms. The van der Waals surface area contributed by atoms with Crippen LogP contribution in [0.25, 0.3) is 0 Å². The standard InChI is InChI=1S/C21H20FN3O3/c22-15-5-9-17(10-6-15)25-20(27)12-18(21(25)28)23-13-14-3-7-16(8-4-14)24-11-1-2-19(24)26/h3-10,18,23H,1-2,11-13H2/p+1/t18-/m0/s1. The average Bonchev–Trinajstić information content (AvgIpc) is 3.24. The molecule has 2 saturated heterocycles. The summed E-state index contributed by atoms with van der Waals surface area (Å²) >= 11 is 0. The summed E-state index contributed by atoms with van der Waals surface area (Å²) in [5.41, 5.74) is 2.30. The highest BCUT2D eigenvalue weighted by atomic mass is 19.1. The van der Waals surface area contributed by atoms with Gasteiger partial charge in [-0.05, 0) is 42.8 Å². The lowest BCUT2D eigenvalue weighted by Gasteiger charge is -2.16. The zero-order valence-electron chi connectivity index (χ0n) is 15.3. The maximum absolute atomic E-state index is 13.1. The van der Waals surface area contributed by atoms with E-state index in [1.807, 2.05) is 29.6 Å². The summed E-state index contributed by atoms with van der Waals surface area (Å²) in [5.74, 6) is -0.822. The van der Waals surface area contributed by atoms with Gasteiger partial charge in [-0.15, -0.1) is 0 Å². The molecule has 0 spiro atoms. The van der Waals surface area contributed by atoms with E-state index in [0.717, 1.165) is 29.1 Å². The molecule has 28 heavy (non-hydrogen) atoms. The fourth-order valence-electron chi connectivity index (χ4n) is 3.71. The maximum Gasteiger partial charge on any atom is 0.292 e. The minimum Gasteiger partial charge on any atom is -0.332 e. The smallest absolute Gasteiger partial charge is 0.292 e. The molecule has 2 aromatic rings. The first kappa shape index (κ1) is 18.3. The van der Waals surface area contributed by atoms with E-state index in [9.17, 15) is 18.8 Å². The molecule has 2 fully saturated rings. The van der Waals surface area contributed by atoms with Crippen molar-refractivity contribution in [2.75, 3.05) is 16.3 Å². The number of amides is 3. The van der Waals surface area contributed by atoms with Crippen LogP contribution in [-0.2, 0) is 20.9 Å². The number of nitrogens with two attached hydrogens (primary N) is 1. The van der Waals surface area contributed by atoms with Crippen molar-refractivity contribution in [1.29, 1.82) is 0 Å². The Balaban J connectivity index is 1.38. The first-order chi connectivity index (χ1) is 13.5. The fourth-order valence-corrected chi connectivity index (χ4v) is 3.71. The van der Waals surface area contributed by atoms with E-state index in [-0.39, 0.29) is 24.1 Å². The number of imide groups is 1. The van der Waals surface area contributed by atoms with Gasteiger partial charge in [-0.2, -0.15) is 0 Å². The second-order valence-electron chi connectivity index (χ2n) is 7.11. The van der Waals surface area contributed by atoms with Crippen LogP contribution in [0.2, 0.25) is 0 Å². The van der Waals surface area contributed by atoms with Gasteiger partial charge < -0.3 is 10.2 Å². The number of rotatable bonds is 5. The van der Waals surface area contributed by atoms with Gasteiger partial charge in [0.2, 0.25) is 11.8 Å². The summed E-state index contributed by atoms with van der Waals surface area (Å²) < 4.78 is 13.1. The topological polar surface area (TPSA) is 74.3 Å². The van der Waals surface area contributed by atoms with Crippen LogP contribution in [0.5, 0.6) is 0 Å². The van der Waals surface area contributed by atoms with Crippen LogP contribution in [-0.4, -0.2) is 30.3 Å². The third kappa shape index (κ3) is 3.53. The first-order valence-corrected chi connectivity index (χ1v) is 9.38. The quantitative estimate of drug-likeness (QED) is 0.794. The summed E-state index contributed by atoms with van der Waals surface area (Å²) in [6, 6.07) is 12.6. The Morgan fingerprint density at radius 3 is 2.25 bits per heavy atom. The number of anilines is 2. The van der Waals surface area contributed by atoms with Gasteiger partial charge in [0, 0.05) is 24.2 Å². The summed E-state index contributed by atoms with van der Waals surface area (Å²) in [6.07, 6.45) is 1.60. The van der Waals surface area contributed by atoms with Gasteiger partial charge in [-0.3, -0.25) is 14.4 Å². The lowest BCUT2D eigenvalue weighted by Crippen LogP contribution is -2.90. The van der Waals surface area contributed by atoms with Crippen molar-refractivity contribution in [3.8, 4) is 0 Å². The number of quaternary nitrogens is 1. The SMILES string of the molecule is O=C1CCCN1c1ccc(C[NH2+][C@H]2CC(=O)N(c3ccc(F)cc3)C2=O)cc1. The van der Waals surface area contributed by atoms with Crippen LogP contribution in [0.1, 0.15) is 24.8 Å². The molecule has 0 aromatic heterocycles. The van der Waals surface area contributed by atoms with Crippen LogP contribution in [0.3, 0.4) is 0 Å². The summed E-state index contributed by atoms with van der Waals surface area (Å²) in [7, 11) is 0. The Hall–Kier alpha value is -3.06. The molecule has 2 aliphatic rings.